The van der Waals surface area contributed by atoms with Crippen molar-refractivity contribution >= 4 is 6.03 Å². The third-order valence-electron chi connectivity index (χ3n) is 5.04. The van der Waals surface area contributed by atoms with Crippen molar-refractivity contribution in [3.05, 3.63) is 35.6 Å². The van der Waals surface area contributed by atoms with Crippen molar-refractivity contribution in [3.8, 4) is 0 Å². The normalized spacial score (nSPS) is 16.6. The van der Waals surface area contributed by atoms with Gasteiger partial charge in [0.1, 0.15) is 5.82 Å². The highest BCUT2D eigenvalue weighted by molar-refractivity contribution is 5.74. The Morgan fingerprint density at radius 1 is 1.26 bits per heavy atom. The summed E-state index contributed by atoms with van der Waals surface area (Å²) in [5.74, 6) is -0.265. The van der Waals surface area contributed by atoms with E-state index in [4.69, 9.17) is 0 Å². The molecule has 0 bridgehead atoms. The number of nitrogens with zero attached hydrogens (tertiary/aromatic N) is 2. The van der Waals surface area contributed by atoms with E-state index < -0.39 is 0 Å². The highest BCUT2D eigenvalue weighted by Crippen LogP contribution is 2.33. The van der Waals surface area contributed by atoms with Crippen LogP contribution in [0.1, 0.15) is 38.2 Å². The van der Waals surface area contributed by atoms with Gasteiger partial charge in [-0.1, -0.05) is 31.0 Å². The average molecular weight is 321 g/mol. The highest BCUT2D eigenvalue weighted by atomic mass is 19.1. The molecule has 1 fully saturated rings. The summed E-state index contributed by atoms with van der Waals surface area (Å²) in [4.78, 5) is 16.4. The average Bonchev–Trinajstić information content (AvgIpc) is 3.02. The predicted octanol–water partition coefficient (Wildman–Crippen LogP) is 3.23. The Hall–Kier alpha value is -1.62. The van der Waals surface area contributed by atoms with E-state index in [1.807, 2.05) is 6.92 Å². The number of urea groups is 1. The number of hydrogen-bond donors (Lipinski definition) is 1. The minimum absolute atomic E-state index is 0.0626. The standard InChI is InChI=1S/C18H28FN3O/c1-4-22(13-15-9-5-6-10-16(15)19)17(23)20-14-18(21(2)3)11-7-8-12-18/h5-6,9-10H,4,7-8,11-14H2,1-3H3,(H,20,23). The minimum Gasteiger partial charge on any atom is -0.336 e. The van der Waals surface area contributed by atoms with Gasteiger partial charge in [0.05, 0.1) is 6.54 Å². The fourth-order valence-corrected chi connectivity index (χ4v) is 3.33. The van der Waals surface area contributed by atoms with E-state index in [-0.39, 0.29) is 17.4 Å². The van der Waals surface area contributed by atoms with Crippen LogP contribution in [0.4, 0.5) is 9.18 Å². The zero-order chi connectivity index (χ0) is 16.9. The lowest BCUT2D eigenvalue weighted by molar-refractivity contribution is 0.146. The second-order valence-corrected chi connectivity index (χ2v) is 6.59. The van der Waals surface area contributed by atoms with Gasteiger partial charge in [0.25, 0.3) is 0 Å². The summed E-state index contributed by atoms with van der Waals surface area (Å²) in [6.45, 7) is 3.41. The minimum atomic E-state index is -0.265. The molecule has 1 aliphatic carbocycles. The van der Waals surface area contributed by atoms with Crippen molar-refractivity contribution in [1.29, 1.82) is 0 Å². The molecule has 0 radical (unpaired) electrons. The molecule has 5 heteroatoms. The molecule has 1 aromatic rings. The van der Waals surface area contributed by atoms with Crippen LogP contribution in [-0.4, -0.2) is 48.6 Å². The maximum Gasteiger partial charge on any atom is 0.317 e. The van der Waals surface area contributed by atoms with E-state index in [2.05, 4.69) is 24.3 Å². The largest absolute Gasteiger partial charge is 0.336 e. The molecule has 4 nitrogen and oxygen atoms in total. The van der Waals surface area contributed by atoms with Crippen LogP contribution < -0.4 is 5.32 Å². The first-order valence-corrected chi connectivity index (χ1v) is 8.42. The molecule has 0 aromatic heterocycles. The van der Waals surface area contributed by atoms with Gasteiger partial charge >= 0.3 is 6.03 Å². The summed E-state index contributed by atoms with van der Waals surface area (Å²) in [7, 11) is 4.16. The Morgan fingerprint density at radius 2 is 1.91 bits per heavy atom. The SMILES string of the molecule is CCN(Cc1ccccc1F)C(=O)NCC1(N(C)C)CCCC1. The number of benzene rings is 1. The summed E-state index contributed by atoms with van der Waals surface area (Å²) in [6.07, 6.45) is 4.64. The third kappa shape index (κ3) is 4.22. The summed E-state index contributed by atoms with van der Waals surface area (Å²) in [6, 6.07) is 6.49. The summed E-state index contributed by atoms with van der Waals surface area (Å²) < 4.78 is 13.8. The maximum atomic E-state index is 13.8. The number of carbonyl (C=O) groups excluding carboxylic acids is 1. The van der Waals surface area contributed by atoms with Crippen LogP contribution in [0.15, 0.2) is 24.3 Å². The first-order valence-electron chi connectivity index (χ1n) is 8.42. The molecule has 1 aromatic carbocycles. The molecule has 1 aliphatic rings. The number of halogens is 1. The number of amides is 2. The quantitative estimate of drug-likeness (QED) is 0.873. The van der Waals surface area contributed by atoms with Gasteiger partial charge in [0.15, 0.2) is 0 Å². The fourth-order valence-electron chi connectivity index (χ4n) is 3.33. The lowest BCUT2D eigenvalue weighted by Crippen LogP contribution is -2.53. The molecule has 1 N–H and O–H groups in total. The molecular weight excluding hydrogens is 293 g/mol. The Labute approximate surface area is 138 Å². The summed E-state index contributed by atoms with van der Waals surface area (Å²) in [5.41, 5.74) is 0.611. The van der Waals surface area contributed by atoms with E-state index >= 15 is 0 Å². The van der Waals surface area contributed by atoms with Crippen molar-refractivity contribution in [3.63, 3.8) is 0 Å². The van der Waals surface area contributed by atoms with Crippen LogP contribution in [0.5, 0.6) is 0 Å². The van der Waals surface area contributed by atoms with Crippen LogP contribution in [0.25, 0.3) is 0 Å². The van der Waals surface area contributed by atoms with Gasteiger partial charge in [-0.3, -0.25) is 0 Å². The third-order valence-corrected chi connectivity index (χ3v) is 5.04. The number of nitrogens with one attached hydrogen (secondary N) is 1. The first-order chi connectivity index (χ1) is 11.0. The van der Waals surface area contributed by atoms with Crippen LogP contribution in [0, 0.1) is 5.82 Å². The topological polar surface area (TPSA) is 35.6 Å². The highest BCUT2D eigenvalue weighted by Gasteiger charge is 2.36. The zero-order valence-corrected chi connectivity index (χ0v) is 14.4. The molecule has 0 spiro atoms. The van der Waals surface area contributed by atoms with Gasteiger partial charge in [-0.2, -0.15) is 0 Å². The van der Waals surface area contributed by atoms with Crippen LogP contribution >= 0.6 is 0 Å². The van der Waals surface area contributed by atoms with Crippen LogP contribution in [0.2, 0.25) is 0 Å². The van der Waals surface area contributed by atoms with Crippen LogP contribution in [-0.2, 0) is 6.54 Å². The lowest BCUT2D eigenvalue weighted by atomic mass is 9.96. The van der Waals surface area contributed by atoms with Crippen molar-refractivity contribution in [2.75, 3.05) is 27.2 Å². The monoisotopic (exact) mass is 321 g/mol. The number of likely N-dealkylation sites (N-methyl/N-ethyl adjacent to an activating group) is 1. The second kappa shape index (κ2) is 7.77. The predicted molar refractivity (Wildman–Crippen MR) is 90.8 cm³/mol. The molecule has 128 valence electrons. The summed E-state index contributed by atoms with van der Waals surface area (Å²) >= 11 is 0. The molecule has 1 saturated carbocycles. The Bertz CT molecular complexity index is 527. The molecule has 0 unspecified atom stereocenters. The fraction of sp³-hybridized carbons (Fsp3) is 0.611. The molecule has 2 amide bonds. The number of hydrogen-bond acceptors (Lipinski definition) is 2. The maximum absolute atomic E-state index is 13.8. The molecule has 23 heavy (non-hydrogen) atoms. The molecular formula is C18H28FN3O. The van der Waals surface area contributed by atoms with E-state index in [9.17, 15) is 9.18 Å². The lowest BCUT2D eigenvalue weighted by Gasteiger charge is -2.37. The van der Waals surface area contributed by atoms with E-state index in [0.29, 0.717) is 25.2 Å². The van der Waals surface area contributed by atoms with Gasteiger partial charge in [-0.15, -0.1) is 0 Å². The smallest absolute Gasteiger partial charge is 0.317 e. The Kier molecular flexibility index (Phi) is 5.99. The van der Waals surface area contributed by atoms with Crippen molar-refractivity contribution in [2.45, 2.75) is 44.7 Å². The van der Waals surface area contributed by atoms with E-state index in [1.54, 1.807) is 23.1 Å². The zero-order valence-electron chi connectivity index (χ0n) is 14.4. The van der Waals surface area contributed by atoms with Crippen molar-refractivity contribution in [2.24, 2.45) is 0 Å². The van der Waals surface area contributed by atoms with Crippen molar-refractivity contribution < 1.29 is 9.18 Å². The first kappa shape index (κ1) is 17.7. The molecule has 0 heterocycles. The molecule has 0 aliphatic heterocycles. The Morgan fingerprint density at radius 3 is 2.48 bits per heavy atom. The second-order valence-electron chi connectivity index (χ2n) is 6.59. The molecule has 0 saturated heterocycles. The van der Waals surface area contributed by atoms with Gasteiger partial charge in [-0.25, -0.2) is 9.18 Å². The van der Waals surface area contributed by atoms with Crippen LogP contribution in [0.3, 0.4) is 0 Å². The molecule has 2 rings (SSSR count). The van der Waals surface area contributed by atoms with E-state index in [0.717, 1.165) is 12.8 Å². The van der Waals surface area contributed by atoms with Gasteiger partial charge in [-0.05, 0) is 39.9 Å². The summed E-state index contributed by atoms with van der Waals surface area (Å²) in [5, 5.41) is 3.06. The van der Waals surface area contributed by atoms with Crippen molar-refractivity contribution in [1.82, 2.24) is 15.1 Å². The van der Waals surface area contributed by atoms with Gasteiger partial charge < -0.3 is 15.1 Å². The van der Waals surface area contributed by atoms with Gasteiger partial charge in [0.2, 0.25) is 0 Å². The number of carbonyl (C=O) groups is 1. The number of rotatable bonds is 6. The van der Waals surface area contributed by atoms with Gasteiger partial charge in [0, 0.05) is 24.2 Å². The molecule has 0 atom stereocenters. The van der Waals surface area contributed by atoms with E-state index in [1.165, 1.54) is 18.9 Å². The Balaban J connectivity index is 1.96.